The minimum atomic E-state index is -3.58. The van der Waals surface area contributed by atoms with Crippen LogP contribution in [0.25, 0.3) is 4.91 Å². The van der Waals surface area contributed by atoms with Crippen LogP contribution in [0.3, 0.4) is 0 Å². The van der Waals surface area contributed by atoms with Crippen molar-refractivity contribution in [1.82, 2.24) is 0 Å². The van der Waals surface area contributed by atoms with E-state index in [1.54, 1.807) is 12.1 Å². The van der Waals surface area contributed by atoms with Crippen molar-refractivity contribution in [3.63, 3.8) is 0 Å². The van der Waals surface area contributed by atoms with E-state index in [4.69, 9.17) is 11.6 Å². The first-order chi connectivity index (χ1) is 8.30. The normalized spacial score (nSPS) is 21.9. The highest BCUT2D eigenvalue weighted by molar-refractivity contribution is 8.03. The lowest BCUT2D eigenvalue weighted by molar-refractivity contribution is 0.602. The second-order valence-electron chi connectivity index (χ2n) is 4.03. The Bertz CT molecular complexity index is 702. The van der Waals surface area contributed by atoms with Gasteiger partial charge >= 0.3 is 0 Å². The van der Waals surface area contributed by atoms with Gasteiger partial charge in [-0.1, -0.05) is 23.7 Å². The summed E-state index contributed by atoms with van der Waals surface area (Å²) >= 11 is 5.80. The molecule has 1 heterocycles. The first kappa shape index (κ1) is 13.6. The predicted molar refractivity (Wildman–Crippen MR) is 71.6 cm³/mol. The van der Waals surface area contributed by atoms with Crippen LogP contribution in [0, 0.1) is 0 Å². The zero-order valence-corrected chi connectivity index (χ0v) is 11.7. The fraction of sp³-hybridized carbons (Fsp3) is 0.273. The summed E-state index contributed by atoms with van der Waals surface area (Å²) in [6.45, 7) is 0. The SMILES string of the molecule is O=S1(=O)C=C(c2cccc(Cl)c2)S(=O)(=O)CCC1. The Balaban J connectivity index is 2.67. The zero-order chi connectivity index (χ0) is 13.4. The van der Waals surface area contributed by atoms with E-state index in [1.807, 2.05) is 0 Å². The highest BCUT2D eigenvalue weighted by Crippen LogP contribution is 2.28. The molecule has 0 amide bonds. The molecule has 0 saturated carbocycles. The van der Waals surface area contributed by atoms with Gasteiger partial charge in [-0.2, -0.15) is 0 Å². The van der Waals surface area contributed by atoms with Crippen molar-refractivity contribution in [3.8, 4) is 0 Å². The molecule has 0 bridgehead atoms. The molecule has 1 aromatic carbocycles. The highest BCUT2D eigenvalue weighted by atomic mass is 35.5. The number of hydrogen-bond donors (Lipinski definition) is 0. The molecule has 0 aliphatic carbocycles. The second-order valence-corrected chi connectivity index (χ2v) is 8.52. The van der Waals surface area contributed by atoms with Crippen molar-refractivity contribution in [3.05, 3.63) is 40.3 Å². The molecule has 98 valence electrons. The molecule has 0 aromatic heterocycles. The van der Waals surface area contributed by atoms with Crippen LogP contribution in [0.2, 0.25) is 5.02 Å². The lowest BCUT2D eigenvalue weighted by Gasteiger charge is -2.06. The lowest BCUT2D eigenvalue weighted by atomic mass is 10.2. The molecule has 0 N–H and O–H groups in total. The molecular formula is C11H11ClO4S2. The van der Waals surface area contributed by atoms with Crippen LogP contribution in [0.5, 0.6) is 0 Å². The van der Waals surface area contributed by atoms with Crippen molar-refractivity contribution in [2.75, 3.05) is 11.5 Å². The Hall–Kier alpha value is -0.850. The molecule has 1 aliphatic rings. The van der Waals surface area contributed by atoms with Gasteiger partial charge in [0.25, 0.3) is 0 Å². The van der Waals surface area contributed by atoms with Crippen molar-refractivity contribution in [2.45, 2.75) is 6.42 Å². The number of hydrogen-bond acceptors (Lipinski definition) is 4. The quantitative estimate of drug-likeness (QED) is 0.794. The van der Waals surface area contributed by atoms with Gasteiger partial charge in [-0.3, -0.25) is 0 Å². The second kappa shape index (κ2) is 4.68. The minimum absolute atomic E-state index is 0.116. The summed E-state index contributed by atoms with van der Waals surface area (Å²) in [5.74, 6) is -0.305. The topological polar surface area (TPSA) is 68.3 Å². The predicted octanol–water partition coefficient (Wildman–Crippen LogP) is 1.87. The van der Waals surface area contributed by atoms with Crippen LogP contribution in [0.15, 0.2) is 29.7 Å². The smallest absolute Gasteiger partial charge is 0.179 e. The van der Waals surface area contributed by atoms with Gasteiger partial charge in [0, 0.05) is 10.4 Å². The van der Waals surface area contributed by atoms with Gasteiger partial charge in [-0.15, -0.1) is 0 Å². The fourth-order valence-electron chi connectivity index (χ4n) is 1.74. The summed E-state index contributed by atoms with van der Waals surface area (Å²) in [6, 6.07) is 6.18. The van der Waals surface area contributed by atoms with E-state index in [-0.39, 0.29) is 22.8 Å². The van der Waals surface area contributed by atoms with Gasteiger partial charge in [0.15, 0.2) is 19.7 Å². The molecule has 0 fully saturated rings. The molecule has 7 heteroatoms. The summed E-state index contributed by atoms with van der Waals surface area (Å²) < 4.78 is 47.4. The zero-order valence-electron chi connectivity index (χ0n) is 9.34. The molecular weight excluding hydrogens is 296 g/mol. The van der Waals surface area contributed by atoms with Crippen molar-refractivity contribution >= 4 is 36.2 Å². The third-order valence-electron chi connectivity index (χ3n) is 2.57. The Morgan fingerprint density at radius 1 is 1.06 bits per heavy atom. The van der Waals surface area contributed by atoms with E-state index in [2.05, 4.69) is 0 Å². The van der Waals surface area contributed by atoms with Crippen LogP contribution >= 0.6 is 11.6 Å². The third-order valence-corrected chi connectivity index (χ3v) is 6.26. The number of benzene rings is 1. The van der Waals surface area contributed by atoms with E-state index in [0.29, 0.717) is 10.6 Å². The van der Waals surface area contributed by atoms with Gasteiger partial charge in [-0.05, 0) is 24.1 Å². The van der Waals surface area contributed by atoms with E-state index in [1.165, 1.54) is 12.1 Å². The standard InChI is InChI=1S/C11H11ClO4S2/c12-10-4-1-3-9(7-10)11-8-17(13,14)5-2-6-18(11,15)16/h1,3-4,7-8H,2,5-6H2. The van der Waals surface area contributed by atoms with Crippen LogP contribution < -0.4 is 0 Å². The molecule has 0 radical (unpaired) electrons. The molecule has 0 unspecified atom stereocenters. The van der Waals surface area contributed by atoms with E-state index >= 15 is 0 Å². The molecule has 4 nitrogen and oxygen atoms in total. The maximum Gasteiger partial charge on any atom is 0.179 e. The largest absolute Gasteiger partial charge is 0.224 e. The first-order valence-corrected chi connectivity index (χ1v) is 8.98. The maximum absolute atomic E-state index is 12.0. The van der Waals surface area contributed by atoms with Crippen LogP contribution in [0.4, 0.5) is 0 Å². The molecule has 18 heavy (non-hydrogen) atoms. The highest BCUT2D eigenvalue weighted by Gasteiger charge is 2.27. The number of rotatable bonds is 1. The Morgan fingerprint density at radius 2 is 1.78 bits per heavy atom. The van der Waals surface area contributed by atoms with Gasteiger partial charge in [-0.25, -0.2) is 16.8 Å². The van der Waals surface area contributed by atoms with E-state index in [9.17, 15) is 16.8 Å². The molecule has 1 aromatic rings. The summed E-state index contributed by atoms with van der Waals surface area (Å²) in [7, 11) is -7.06. The summed E-state index contributed by atoms with van der Waals surface area (Å²) in [6.07, 6.45) is 0.116. The van der Waals surface area contributed by atoms with Crippen LogP contribution in [-0.2, 0) is 19.7 Å². The summed E-state index contributed by atoms with van der Waals surface area (Å²) in [5.41, 5.74) is 0.313. The first-order valence-electron chi connectivity index (χ1n) is 5.23. The lowest BCUT2D eigenvalue weighted by Crippen LogP contribution is -2.07. The Kier molecular flexibility index (Phi) is 3.53. The van der Waals surface area contributed by atoms with Gasteiger partial charge in [0.05, 0.1) is 16.4 Å². The third kappa shape index (κ3) is 2.93. The molecule has 0 spiro atoms. The summed E-state index contributed by atoms with van der Waals surface area (Å²) in [5, 5.41) is 1.21. The van der Waals surface area contributed by atoms with Gasteiger partial charge in [0.1, 0.15) is 0 Å². The minimum Gasteiger partial charge on any atom is -0.224 e. The Labute approximate surface area is 111 Å². The van der Waals surface area contributed by atoms with Crippen LogP contribution in [-0.4, -0.2) is 28.3 Å². The maximum atomic E-state index is 12.0. The average Bonchev–Trinajstić information content (AvgIpc) is 2.35. The molecule has 0 saturated heterocycles. The van der Waals surface area contributed by atoms with Gasteiger partial charge < -0.3 is 0 Å². The Morgan fingerprint density at radius 3 is 2.44 bits per heavy atom. The van der Waals surface area contributed by atoms with Crippen molar-refractivity contribution in [1.29, 1.82) is 0 Å². The number of halogens is 1. The summed E-state index contributed by atoms with van der Waals surface area (Å²) in [4.78, 5) is -0.164. The van der Waals surface area contributed by atoms with Crippen molar-refractivity contribution in [2.24, 2.45) is 0 Å². The average molecular weight is 307 g/mol. The van der Waals surface area contributed by atoms with Gasteiger partial charge in [0.2, 0.25) is 0 Å². The van der Waals surface area contributed by atoms with E-state index in [0.717, 1.165) is 5.41 Å². The van der Waals surface area contributed by atoms with Crippen LogP contribution in [0.1, 0.15) is 12.0 Å². The number of sulfone groups is 2. The molecule has 2 rings (SSSR count). The molecule has 1 aliphatic heterocycles. The van der Waals surface area contributed by atoms with E-state index < -0.39 is 19.7 Å². The van der Waals surface area contributed by atoms with Crippen molar-refractivity contribution < 1.29 is 16.8 Å². The molecule has 0 atom stereocenters. The fourth-order valence-corrected chi connectivity index (χ4v) is 5.50. The monoisotopic (exact) mass is 306 g/mol.